The van der Waals surface area contributed by atoms with Crippen molar-refractivity contribution in [3.05, 3.63) is 23.8 Å². The molecule has 0 aromatic heterocycles. The molecule has 232 valence electrons. The molecule has 0 aliphatic carbocycles. The molecule has 1 aromatic rings. The number of carboxylic acids is 1. The molecule has 0 radical (unpaired) electrons. The minimum Gasteiger partial charge on any atom is -0.480 e. The van der Waals surface area contributed by atoms with E-state index in [-0.39, 0.29) is 24.3 Å². The molecule has 3 N–H and O–H groups in total. The van der Waals surface area contributed by atoms with Crippen molar-refractivity contribution in [1.82, 2.24) is 0 Å². The van der Waals surface area contributed by atoms with Crippen LogP contribution in [0.15, 0.2) is 18.2 Å². The van der Waals surface area contributed by atoms with Gasteiger partial charge in [0.15, 0.2) is 11.5 Å². The highest BCUT2D eigenvalue weighted by molar-refractivity contribution is 5.75. The molecular weight excluding hydrogens is 534 g/mol. The lowest BCUT2D eigenvalue weighted by Gasteiger charge is -2.26. The predicted molar refractivity (Wildman–Crippen MR) is 152 cm³/mol. The number of nitrogens with two attached hydrogens (primary N) is 1. The summed E-state index contributed by atoms with van der Waals surface area (Å²) in [6.07, 6.45) is -0.722. The lowest BCUT2D eigenvalue weighted by Crippen LogP contribution is -2.38. The Balaban J connectivity index is 3.38. The van der Waals surface area contributed by atoms with Crippen molar-refractivity contribution in [2.24, 2.45) is 11.7 Å². The molecule has 0 aliphatic heterocycles. The molecule has 3 atom stereocenters. The molecule has 1 aromatic carbocycles. The summed E-state index contributed by atoms with van der Waals surface area (Å²) in [4.78, 5) is 49.3. The van der Waals surface area contributed by atoms with Crippen molar-refractivity contribution in [2.75, 3.05) is 0 Å². The van der Waals surface area contributed by atoms with Crippen LogP contribution in [0, 0.1) is 5.92 Å². The fraction of sp³-hybridized carbons (Fsp3) is 0.667. The maximum absolute atomic E-state index is 12.6. The second kappa shape index (κ2) is 15.6. The Labute approximate surface area is 243 Å². The number of ether oxygens (including phenoxy) is 5. The van der Waals surface area contributed by atoms with E-state index in [0.717, 1.165) is 0 Å². The van der Waals surface area contributed by atoms with Crippen LogP contribution >= 0.6 is 0 Å². The molecule has 11 heteroatoms. The van der Waals surface area contributed by atoms with Gasteiger partial charge < -0.3 is 34.5 Å². The summed E-state index contributed by atoms with van der Waals surface area (Å²) in [6.45, 7) is 16.2. The summed E-state index contributed by atoms with van der Waals surface area (Å²) in [5, 5.41) is 9.70. The highest BCUT2D eigenvalue weighted by atomic mass is 16.8. The number of carbonyl (C=O) groups excluding carboxylic acids is 3. The summed E-state index contributed by atoms with van der Waals surface area (Å²) in [6, 6.07) is 2.83. The van der Waals surface area contributed by atoms with Crippen LogP contribution in [0.3, 0.4) is 0 Å². The summed E-state index contributed by atoms with van der Waals surface area (Å²) >= 11 is 0. The number of carboxylic acid groups (broad SMARTS) is 1. The van der Waals surface area contributed by atoms with E-state index in [4.69, 9.17) is 29.4 Å². The molecule has 41 heavy (non-hydrogen) atoms. The summed E-state index contributed by atoms with van der Waals surface area (Å²) in [5.74, 6) is -2.54. The fourth-order valence-electron chi connectivity index (χ4n) is 3.49. The van der Waals surface area contributed by atoms with Gasteiger partial charge in [0, 0.05) is 12.3 Å². The van der Waals surface area contributed by atoms with Crippen molar-refractivity contribution in [1.29, 1.82) is 0 Å². The van der Waals surface area contributed by atoms with E-state index in [1.54, 1.807) is 34.6 Å². The molecule has 0 spiro atoms. The largest absolute Gasteiger partial charge is 0.514 e. The smallest absolute Gasteiger partial charge is 0.480 e. The van der Waals surface area contributed by atoms with Crippen molar-refractivity contribution in [2.45, 2.75) is 124 Å². The van der Waals surface area contributed by atoms with E-state index in [1.807, 2.05) is 27.7 Å². The van der Waals surface area contributed by atoms with Crippen LogP contribution in [0.1, 0.15) is 106 Å². The van der Waals surface area contributed by atoms with Gasteiger partial charge in [0.1, 0.15) is 17.2 Å². The highest BCUT2D eigenvalue weighted by Crippen LogP contribution is 2.35. The molecular formula is C30H47NO10. The predicted octanol–water partition coefficient (Wildman–Crippen LogP) is 6.35. The average Bonchev–Trinajstić information content (AvgIpc) is 2.86. The Morgan fingerprint density at radius 2 is 1.39 bits per heavy atom. The van der Waals surface area contributed by atoms with E-state index in [9.17, 15) is 24.3 Å². The number of rotatable bonds is 15. The van der Waals surface area contributed by atoms with E-state index in [0.29, 0.717) is 30.7 Å². The minimum absolute atomic E-state index is 0.0700. The summed E-state index contributed by atoms with van der Waals surface area (Å²) in [5.41, 5.74) is 4.78. The first-order valence-corrected chi connectivity index (χ1v) is 14.0. The summed E-state index contributed by atoms with van der Waals surface area (Å²) in [7, 11) is 0. The van der Waals surface area contributed by atoms with Crippen LogP contribution in [0.2, 0.25) is 0 Å². The van der Waals surface area contributed by atoms with Crippen LogP contribution in [0.5, 0.6) is 11.5 Å². The topological polar surface area (TPSA) is 161 Å². The van der Waals surface area contributed by atoms with E-state index in [1.165, 1.54) is 18.2 Å². The first kappa shape index (κ1) is 35.7. The first-order chi connectivity index (χ1) is 18.9. The highest BCUT2D eigenvalue weighted by Gasteiger charge is 2.31. The van der Waals surface area contributed by atoms with Gasteiger partial charge in [0.25, 0.3) is 0 Å². The molecule has 0 bridgehead atoms. The zero-order chi connectivity index (χ0) is 31.5. The molecule has 2 unspecified atom stereocenters. The lowest BCUT2D eigenvalue weighted by atomic mass is 9.87. The Bertz CT molecular complexity index is 1050. The zero-order valence-corrected chi connectivity index (χ0v) is 25.8. The van der Waals surface area contributed by atoms with Gasteiger partial charge in [-0.25, -0.2) is 9.59 Å². The third-order valence-corrected chi connectivity index (χ3v) is 6.77. The van der Waals surface area contributed by atoms with E-state index in [2.05, 4.69) is 0 Å². The Hall–Kier alpha value is -3.34. The van der Waals surface area contributed by atoms with E-state index < -0.39 is 53.5 Å². The minimum atomic E-state index is -1.38. The number of benzene rings is 1. The quantitative estimate of drug-likeness (QED) is 0.135. The Kier molecular flexibility index (Phi) is 13.6. The molecule has 0 saturated heterocycles. The lowest BCUT2D eigenvalue weighted by molar-refractivity contribution is -0.149. The number of hydrogen-bond donors (Lipinski definition) is 2. The van der Waals surface area contributed by atoms with Crippen LogP contribution in [0.4, 0.5) is 9.59 Å². The third kappa shape index (κ3) is 12.8. The monoisotopic (exact) mass is 581 g/mol. The SMILES string of the molecule is CCC(C)(C)OC(=O)Oc1ccc(C(CC(C)OC(=O)CCC(C)C)[C@H](N)C(=O)O)cc1OC(=O)OC(C)(C)CC. The summed E-state index contributed by atoms with van der Waals surface area (Å²) < 4.78 is 27.0. The molecule has 11 nitrogen and oxygen atoms in total. The van der Waals surface area contributed by atoms with Gasteiger partial charge in [-0.05, 0) is 83.9 Å². The second-order valence-corrected chi connectivity index (χ2v) is 11.8. The van der Waals surface area contributed by atoms with Crippen molar-refractivity contribution in [3.63, 3.8) is 0 Å². The molecule has 1 rings (SSSR count). The second-order valence-electron chi connectivity index (χ2n) is 11.8. The number of esters is 1. The van der Waals surface area contributed by atoms with Crippen LogP contribution < -0.4 is 15.2 Å². The van der Waals surface area contributed by atoms with Gasteiger partial charge in [-0.15, -0.1) is 0 Å². The number of carbonyl (C=O) groups is 4. The van der Waals surface area contributed by atoms with Crippen molar-refractivity contribution < 1.29 is 48.0 Å². The van der Waals surface area contributed by atoms with Crippen LogP contribution in [0.25, 0.3) is 0 Å². The molecule has 0 saturated carbocycles. The molecule has 0 amide bonds. The van der Waals surface area contributed by atoms with Crippen LogP contribution in [-0.2, 0) is 23.8 Å². The van der Waals surface area contributed by atoms with Gasteiger partial charge in [-0.2, -0.15) is 0 Å². The van der Waals surface area contributed by atoms with Crippen molar-refractivity contribution >= 4 is 24.2 Å². The standard InChI is InChI=1S/C30H47NO10/c1-10-29(6,7)40-27(35)38-22-14-13-20(17-23(22)39-28(36)41-30(8,9)11-2)21(25(31)26(33)34)16-19(5)37-24(32)15-12-18(3)4/h13-14,17-19,21,25H,10-12,15-16,31H2,1-9H3,(H,33,34)/t19?,21?,25-/m0/s1. The fourth-order valence-corrected chi connectivity index (χ4v) is 3.49. The van der Waals surface area contributed by atoms with Gasteiger partial charge in [-0.1, -0.05) is 33.8 Å². The van der Waals surface area contributed by atoms with Gasteiger partial charge in [0.2, 0.25) is 0 Å². The Morgan fingerprint density at radius 1 is 0.878 bits per heavy atom. The van der Waals surface area contributed by atoms with Crippen molar-refractivity contribution in [3.8, 4) is 11.5 Å². The van der Waals surface area contributed by atoms with Gasteiger partial charge in [0.05, 0.1) is 6.10 Å². The van der Waals surface area contributed by atoms with Gasteiger partial charge in [-0.3, -0.25) is 9.59 Å². The van der Waals surface area contributed by atoms with Crippen LogP contribution in [-0.4, -0.2) is 52.7 Å². The maximum atomic E-state index is 12.6. The maximum Gasteiger partial charge on any atom is 0.514 e. The number of aliphatic carboxylic acids is 1. The molecule has 0 aliphatic rings. The molecule has 0 heterocycles. The molecule has 0 fully saturated rings. The number of hydrogen-bond acceptors (Lipinski definition) is 10. The van der Waals surface area contributed by atoms with E-state index >= 15 is 0 Å². The zero-order valence-electron chi connectivity index (χ0n) is 25.8. The average molecular weight is 582 g/mol. The first-order valence-electron chi connectivity index (χ1n) is 14.0. The van der Waals surface area contributed by atoms with Gasteiger partial charge >= 0.3 is 24.2 Å². The third-order valence-electron chi connectivity index (χ3n) is 6.77. The normalized spacial score (nSPS) is 14.0. The Morgan fingerprint density at radius 3 is 1.85 bits per heavy atom.